The fourth-order valence-corrected chi connectivity index (χ4v) is 3.78. The molecule has 2 aliphatic rings. The number of aryl methyl sites for hydroxylation is 1. The van der Waals surface area contributed by atoms with Crippen molar-refractivity contribution in [2.24, 2.45) is 5.92 Å². The second kappa shape index (κ2) is 8.69. The van der Waals surface area contributed by atoms with E-state index in [1.54, 1.807) is 0 Å². The molecule has 4 rings (SSSR count). The number of carbonyl (C=O) groups excluding carboxylic acids is 1. The van der Waals surface area contributed by atoms with E-state index in [1.807, 2.05) is 25.1 Å². The van der Waals surface area contributed by atoms with Gasteiger partial charge in [0, 0.05) is 51.3 Å². The lowest BCUT2D eigenvalue weighted by molar-refractivity contribution is -0.120. The molecular formula is C20H28N8O. The Hall–Kier alpha value is -2.81. The van der Waals surface area contributed by atoms with Gasteiger partial charge in [-0.1, -0.05) is 0 Å². The lowest BCUT2D eigenvalue weighted by Crippen LogP contribution is -2.44. The Morgan fingerprint density at radius 3 is 2.38 bits per heavy atom. The zero-order valence-electron chi connectivity index (χ0n) is 17.1. The van der Waals surface area contributed by atoms with E-state index in [9.17, 15) is 4.79 Å². The molecule has 4 heterocycles. The summed E-state index contributed by atoms with van der Waals surface area (Å²) in [7, 11) is 2.12. The van der Waals surface area contributed by atoms with Crippen molar-refractivity contribution in [1.29, 1.82) is 0 Å². The number of hydrogen-bond donors (Lipinski definition) is 1. The third kappa shape index (κ3) is 4.79. The molecule has 0 unspecified atom stereocenters. The van der Waals surface area contributed by atoms with Gasteiger partial charge in [-0.05, 0) is 38.9 Å². The van der Waals surface area contributed by atoms with Crippen LogP contribution >= 0.6 is 0 Å². The highest BCUT2D eigenvalue weighted by Gasteiger charge is 2.26. The highest BCUT2D eigenvalue weighted by atomic mass is 16.2. The number of aromatic nitrogens is 4. The molecule has 1 amide bonds. The fourth-order valence-electron chi connectivity index (χ4n) is 3.78. The van der Waals surface area contributed by atoms with Gasteiger partial charge in [-0.25, -0.2) is 9.97 Å². The predicted octanol–water partition coefficient (Wildman–Crippen LogP) is 1.18. The van der Waals surface area contributed by atoms with E-state index >= 15 is 0 Å². The number of piperazine rings is 1. The number of amides is 1. The molecule has 2 aromatic heterocycles. The Bertz CT molecular complexity index is 827. The molecule has 9 nitrogen and oxygen atoms in total. The Kier molecular flexibility index (Phi) is 5.84. The molecular weight excluding hydrogens is 368 g/mol. The van der Waals surface area contributed by atoms with Crippen LogP contribution < -0.4 is 15.1 Å². The van der Waals surface area contributed by atoms with Gasteiger partial charge in [0.05, 0.1) is 5.69 Å². The summed E-state index contributed by atoms with van der Waals surface area (Å²) in [6.45, 7) is 7.40. The van der Waals surface area contributed by atoms with Crippen molar-refractivity contribution in [1.82, 2.24) is 25.1 Å². The van der Waals surface area contributed by atoms with E-state index in [0.29, 0.717) is 5.82 Å². The zero-order valence-corrected chi connectivity index (χ0v) is 17.1. The summed E-state index contributed by atoms with van der Waals surface area (Å²) in [5, 5.41) is 11.4. The number of anilines is 3. The van der Waals surface area contributed by atoms with Crippen LogP contribution in [0.2, 0.25) is 0 Å². The number of rotatable bonds is 4. The lowest BCUT2D eigenvalue weighted by Gasteiger charge is -2.33. The molecule has 2 aromatic rings. The van der Waals surface area contributed by atoms with Gasteiger partial charge in [0.25, 0.3) is 0 Å². The van der Waals surface area contributed by atoms with Crippen LogP contribution in [0.15, 0.2) is 24.5 Å². The van der Waals surface area contributed by atoms with Gasteiger partial charge in [0.15, 0.2) is 5.82 Å². The summed E-state index contributed by atoms with van der Waals surface area (Å²) < 4.78 is 0. The number of likely N-dealkylation sites (N-methyl/N-ethyl adjacent to an activating group) is 1. The van der Waals surface area contributed by atoms with Crippen molar-refractivity contribution < 1.29 is 4.79 Å². The molecule has 0 aliphatic carbocycles. The van der Waals surface area contributed by atoms with Gasteiger partial charge >= 0.3 is 0 Å². The molecule has 0 atom stereocenters. The van der Waals surface area contributed by atoms with Gasteiger partial charge in [-0.3, -0.25) is 4.79 Å². The van der Waals surface area contributed by atoms with Gasteiger partial charge in [0.1, 0.15) is 18.0 Å². The standard InChI is InChI=1S/C20H28N8O/c1-15-3-4-18(25-24-15)27-7-5-16(6-8-27)20(29)23-17-13-19(22-14-21-17)28-11-9-26(2)10-12-28/h3-4,13-14,16H,5-12H2,1-2H3,(H,21,22,23,29). The van der Waals surface area contributed by atoms with Crippen molar-refractivity contribution in [2.75, 3.05) is 61.4 Å². The van der Waals surface area contributed by atoms with Gasteiger partial charge < -0.3 is 20.0 Å². The van der Waals surface area contributed by atoms with Crippen molar-refractivity contribution in [3.63, 3.8) is 0 Å². The zero-order chi connectivity index (χ0) is 20.2. The minimum atomic E-state index is -0.0216. The van der Waals surface area contributed by atoms with Crippen molar-refractivity contribution in [2.45, 2.75) is 19.8 Å². The van der Waals surface area contributed by atoms with Crippen LogP contribution in [0.5, 0.6) is 0 Å². The van der Waals surface area contributed by atoms with Crippen LogP contribution in [0.3, 0.4) is 0 Å². The lowest BCUT2D eigenvalue weighted by atomic mass is 9.96. The van der Waals surface area contributed by atoms with Crippen molar-refractivity contribution in [3.8, 4) is 0 Å². The highest BCUT2D eigenvalue weighted by Crippen LogP contribution is 2.23. The van der Waals surface area contributed by atoms with Crippen molar-refractivity contribution in [3.05, 3.63) is 30.2 Å². The number of piperidine rings is 1. The smallest absolute Gasteiger partial charge is 0.228 e. The van der Waals surface area contributed by atoms with Crippen LogP contribution in [-0.2, 0) is 4.79 Å². The largest absolute Gasteiger partial charge is 0.355 e. The second-order valence-electron chi connectivity index (χ2n) is 7.84. The van der Waals surface area contributed by atoms with E-state index in [-0.39, 0.29) is 11.8 Å². The predicted molar refractivity (Wildman–Crippen MR) is 112 cm³/mol. The van der Waals surface area contributed by atoms with Crippen LogP contribution in [0.25, 0.3) is 0 Å². The molecule has 154 valence electrons. The average Bonchev–Trinajstić information content (AvgIpc) is 2.75. The van der Waals surface area contributed by atoms with E-state index in [4.69, 9.17) is 0 Å². The SMILES string of the molecule is Cc1ccc(N2CCC(C(=O)Nc3cc(N4CCN(C)CC4)ncn3)CC2)nn1. The first-order valence-corrected chi connectivity index (χ1v) is 10.2. The maximum absolute atomic E-state index is 12.7. The molecule has 2 aliphatic heterocycles. The quantitative estimate of drug-likeness (QED) is 0.824. The topological polar surface area (TPSA) is 90.4 Å². The summed E-state index contributed by atoms with van der Waals surface area (Å²) in [4.78, 5) is 28.1. The van der Waals surface area contributed by atoms with Gasteiger partial charge in [0.2, 0.25) is 5.91 Å². The first-order chi connectivity index (χ1) is 14.1. The first kappa shape index (κ1) is 19.5. The Balaban J connectivity index is 1.32. The highest BCUT2D eigenvalue weighted by molar-refractivity contribution is 5.92. The molecule has 2 fully saturated rings. The van der Waals surface area contributed by atoms with Crippen LogP contribution in [0.4, 0.5) is 17.5 Å². The third-order valence-electron chi connectivity index (χ3n) is 5.70. The molecule has 9 heteroatoms. The van der Waals surface area contributed by atoms with Crippen LogP contribution in [0.1, 0.15) is 18.5 Å². The minimum Gasteiger partial charge on any atom is -0.355 e. The molecule has 0 bridgehead atoms. The Labute approximate surface area is 171 Å². The number of nitrogens with one attached hydrogen (secondary N) is 1. The summed E-state index contributed by atoms with van der Waals surface area (Å²) in [5.41, 5.74) is 0.906. The third-order valence-corrected chi connectivity index (χ3v) is 5.70. The van der Waals surface area contributed by atoms with E-state index in [1.165, 1.54) is 6.33 Å². The van der Waals surface area contributed by atoms with Gasteiger partial charge in [-0.2, -0.15) is 5.10 Å². The normalized spacial score (nSPS) is 18.7. The van der Waals surface area contributed by atoms with Crippen LogP contribution in [0, 0.1) is 12.8 Å². The maximum atomic E-state index is 12.7. The number of carbonyl (C=O) groups is 1. The Morgan fingerprint density at radius 1 is 0.966 bits per heavy atom. The van der Waals surface area contributed by atoms with E-state index in [2.05, 4.69) is 47.2 Å². The summed E-state index contributed by atoms with van der Waals surface area (Å²) in [6, 6.07) is 5.83. The molecule has 29 heavy (non-hydrogen) atoms. The van der Waals surface area contributed by atoms with Crippen molar-refractivity contribution >= 4 is 23.4 Å². The molecule has 2 saturated heterocycles. The molecule has 0 radical (unpaired) electrons. The number of hydrogen-bond acceptors (Lipinski definition) is 8. The molecule has 0 spiro atoms. The second-order valence-corrected chi connectivity index (χ2v) is 7.84. The summed E-state index contributed by atoms with van der Waals surface area (Å²) in [5.74, 6) is 2.33. The fraction of sp³-hybridized carbons (Fsp3) is 0.550. The Morgan fingerprint density at radius 2 is 1.69 bits per heavy atom. The first-order valence-electron chi connectivity index (χ1n) is 10.2. The van der Waals surface area contributed by atoms with E-state index < -0.39 is 0 Å². The molecule has 0 saturated carbocycles. The minimum absolute atomic E-state index is 0.0216. The summed E-state index contributed by atoms with van der Waals surface area (Å²) in [6.07, 6.45) is 3.11. The maximum Gasteiger partial charge on any atom is 0.228 e. The van der Waals surface area contributed by atoms with Gasteiger partial charge in [-0.15, -0.1) is 5.10 Å². The monoisotopic (exact) mass is 396 g/mol. The van der Waals surface area contributed by atoms with Crippen LogP contribution in [-0.4, -0.2) is 77.3 Å². The molecule has 0 aromatic carbocycles. The molecule has 1 N–H and O–H groups in total. The summed E-state index contributed by atoms with van der Waals surface area (Å²) >= 11 is 0. The number of nitrogens with zero attached hydrogens (tertiary/aromatic N) is 7. The average molecular weight is 396 g/mol. The van der Waals surface area contributed by atoms with E-state index in [0.717, 1.165) is 69.4 Å².